The third-order valence-corrected chi connectivity index (χ3v) is 4.08. The Balaban J connectivity index is 1.91. The number of aryl methyl sites for hydroxylation is 1. The molecule has 1 aromatic carbocycles. The molecule has 0 saturated heterocycles. The minimum absolute atomic E-state index is 0.0715. The molecule has 1 aromatic rings. The lowest BCUT2D eigenvalue weighted by atomic mass is 9.76. The van der Waals surface area contributed by atoms with Crippen LogP contribution in [0.25, 0.3) is 0 Å². The van der Waals surface area contributed by atoms with Crippen LogP contribution in [0.5, 0.6) is 0 Å². The van der Waals surface area contributed by atoms with Crippen LogP contribution >= 0.6 is 0 Å². The van der Waals surface area contributed by atoms with Crippen LogP contribution in [-0.2, 0) is 12.8 Å². The summed E-state index contributed by atoms with van der Waals surface area (Å²) in [5, 5.41) is 0. The molecular formula is C16H25N. The average Bonchev–Trinajstić information content (AvgIpc) is 2.35. The fourth-order valence-corrected chi connectivity index (χ4v) is 2.94. The largest absolute Gasteiger partial charge is 0.325 e. The van der Waals surface area contributed by atoms with E-state index in [0.717, 1.165) is 12.8 Å². The molecule has 1 unspecified atom stereocenters. The van der Waals surface area contributed by atoms with Crippen molar-refractivity contribution in [1.82, 2.24) is 0 Å². The lowest BCUT2D eigenvalue weighted by Crippen LogP contribution is -2.45. The molecule has 1 aliphatic rings. The molecule has 17 heavy (non-hydrogen) atoms. The van der Waals surface area contributed by atoms with Crippen molar-refractivity contribution >= 4 is 0 Å². The van der Waals surface area contributed by atoms with Gasteiger partial charge in [-0.2, -0.15) is 0 Å². The molecule has 1 heteroatoms. The van der Waals surface area contributed by atoms with Gasteiger partial charge in [0.15, 0.2) is 0 Å². The van der Waals surface area contributed by atoms with Crippen LogP contribution in [0, 0.1) is 0 Å². The zero-order valence-electron chi connectivity index (χ0n) is 11.0. The minimum Gasteiger partial charge on any atom is -0.325 e. The minimum atomic E-state index is 0.0715. The van der Waals surface area contributed by atoms with Crippen molar-refractivity contribution in [2.75, 3.05) is 0 Å². The summed E-state index contributed by atoms with van der Waals surface area (Å²) in [5.74, 6) is 0. The van der Waals surface area contributed by atoms with E-state index < -0.39 is 0 Å². The Labute approximate surface area is 105 Å². The second-order valence-corrected chi connectivity index (χ2v) is 5.62. The van der Waals surface area contributed by atoms with Gasteiger partial charge in [-0.05, 0) is 36.8 Å². The number of unbranched alkanes of at least 4 members (excludes halogenated alkanes) is 3. The quantitative estimate of drug-likeness (QED) is 0.765. The number of benzene rings is 1. The van der Waals surface area contributed by atoms with E-state index in [1.807, 2.05) is 0 Å². The number of rotatable bonds is 5. The van der Waals surface area contributed by atoms with Gasteiger partial charge in [-0.1, -0.05) is 56.9 Å². The Kier molecular flexibility index (Phi) is 4.22. The maximum atomic E-state index is 6.56. The highest BCUT2D eigenvalue weighted by atomic mass is 14.7. The molecule has 0 spiro atoms. The monoisotopic (exact) mass is 231 g/mol. The van der Waals surface area contributed by atoms with Crippen LogP contribution < -0.4 is 5.73 Å². The Bertz CT molecular complexity index is 358. The molecule has 2 N–H and O–H groups in total. The van der Waals surface area contributed by atoms with E-state index in [1.54, 1.807) is 0 Å². The number of hydrogen-bond acceptors (Lipinski definition) is 1. The highest BCUT2D eigenvalue weighted by Gasteiger charge is 2.29. The van der Waals surface area contributed by atoms with Crippen LogP contribution in [0.2, 0.25) is 0 Å². The third kappa shape index (κ3) is 3.32. The van der Waals surface area contributed by atoms with Gasteiger partial charge in [-0.25, -0.2) is 0 Å². The van der Waals surface area contributed by atoms with Crippen LogP contribution in [0.15, 0.2) is 24.3 Å². The summed E-state index contributed by atoms with van der Waals surface area (Å²) in [7, 11) is 0. The highest BCUT2D eigenvalue weighted by Crippen LogP contribution is 2.30. The van der Waals surface area contributed by atoms with Crippen LogP contribution in [0.1, 0.15) is 56.6 Å². The van der Waals surface area contributed by atoms with Crippen molar-refractivity contribution in [1.29, 1.82) is 0 Å². The highest BCUT2D eigenvalue weighted by molar-refractivity contribution is 5.31. The summed E-state index contributed by atoms with van der Waals surface area (Å²) < 4.78 is 0. The predicted octanol–water partition coefficient (Wildman–Crippen LogP) is 3.84. The second kappa shape index (κ2) is 5.68. The van der Waals surface area contributed by atoms with Crippen LogP contribution in [0.3, 0.4) is 0 Å². The van der Waals surface area contributed by atoms with Gasteiger partial charge in [-0.15, -0.1) is 0 Å². The normalized spacial score (nSPS) is 23.4. The molecule has 0 saturated carbocycles. The van der Waals surface area contributed by atoms with Crippen molar-refractivity contribution in [2.24, 2.45) is 5.73 Å². The maximum Gasteiger partial charge on any atom is 0.0198 e. The van der Waals surface area contributed by atoms with Gasteiger partial charge in [0.25, 0.3) is 0 Å². The average molecular weight is 231 g/mol. The Morgan fingerprint density at radius 3 is 2.65 bits per heavy atom. The van der Waals surface area contributed by atoms with E-state index in [2.05, 4.69) is 31.2 Å². The van der Waals surface area contributed by atoms with E-state index >= 15 is 0 Å². The molecule has 1 atom stereocenters. The summed E-state index contributed by atoms with van der Waals surface area (Å²) in [4.78, 5) is 0. The third-order valence-electron chi connectivity index (χ3n) is 4.08. The van der Waals surface area contributed by atoms with Gasteiger partial charge in [0.05, 0.1) is 0 Å². The summed E-state index contributed by atoms with van der Waals surface area (Å²) in [6.45, 7) is 2.26. The first-order valence-corrected chi connectivity index (χ1v) is 7.09. The molecule has 0 fully saturated rings. The molecule has 0 amide bonds. The molecule has 0 heterocycles. The molecule has 0 bridgehead atoms. The molecule has 94 valence electrons. The molecule has 1 aliphatic carbocycles. The predicted molar refractivity (Wildman–Crippen MR) is 74.1 cm³/mol. The SMILES string of the molecule is CCCCCCC1(N)CCc2ccccc2C1. The van der Waals surface area contributed by atoms with E-state index in [4.69, 9.17) is 5.73 Å². The first-order valence-electron chi connectivity index (χ1n) is 7.09. The van der Waals surface area contributed by atoms with Crippen LogP contribution in [0.4, 0.5) is 0 Å². The number of nitrogens with two attached hydrogens (primary N) is 1. The Hall–Kier alpha value is -0.820. The second-order valence-electron chi connectivity index (χ2n) is 5.62. The van der Waals surface area contributed by atoms with Gasteiger partial charge < -0.3 is 5.73 Å². The summed E-state index contributed by atoms with van der Waals surface area (Å²) in [6, 6.07) is 8.79. The van der Waals surface area contributed by atoms with Crippen molar-refractivity contribution in [3.05, 3.63) is 35.4 Å². The molecule has 0 radical (unpaired) electrons. The van der Waals surface area contributed by atoms with E-state index in [9.17, 15) is 0 Å². The van der Waals surface area contributed by atoms with Gasteiger partial charge in [0.2, 0.25) is 0 Å². The molecule has 0 aromatic heterocycles. The standard InChI is InChI=1S/C16H25N/c1-2-3-4-7-11-16(17)12-10-14-8-5-6-9-15(14)13-16/h5-6,8-9H,2-4,7,10-13,17H2,1H3. The number of hydrogen-bond donors (Lipinski definition) is 1. The van der Waals surface area contributed by atoms with E-state index in [1.165, 1.54) is 49.7 Å². The van der Waals surface area contributed by atoms with E-state index in [-0.39, 0.29) is 5.54 Å². The van der Waals surface area contributed by atoms with Crippen molar-refractivity contribution in [3.8, 4) is 0 Å². The smallest absolute Gasteiger partial charge is 0.0198 e. The summed E-state index contributed by atoms with van der Waals surface area (Å²) in [5.41, 5.74) is 9.63. The molecular weight excluding hydrogens is 206 g/mol. The van der Waals surface area contributed by atoms with Gasteiger partial charge in [0.1, 0.15) is 0 Å². The maximum absolute atomic E-state index is 6.56. The summed E-state index contributed by atoms with van der Waals surface area (Å²) in [6.07, 6.45) is 9.91. The van der Waals surface area contributed by atoms with Gasteiger partial charge >= 0.3 is 0 Å². The Morgan fingerprint density at radius 1 is 1.12 bits per heavy atom. The Morgan fingerprint density at radius 2 is 1.88 bits per heavy atom. The summed E-state index contributed by atoms with van der Waals surface area (Å²) >= 11 is 0. The molecule has 2 rings (SSSR count). The number of fused-ring (bicyclic) bond motifs is 1. The van der Waals surface area contributed by atoms with Gasteiger partial charge in [0, 0.05) is 5.54 Å². The zero-order chi connectivity index (χ0) is 12.1. The fraction of sp³-hybridized carbons (Fsp3) is 0.625. The molecule has 0 aliphatic heterocycles. The lowest BCUT2D eigenvalue weighted by Gasteiger charge is -2.35. The first kappa shape index (κ1) is 12.6. The van der Waals surface area contributed by atoms with Crippen molar-refractivity contribution in [3.63, 3.8) is 0 Å². The van der Waals surface area contributed by atoms with E-state index in [0.29, 0.717) is 0 Å². The topological polar surface area (TPSA) is 26.0 Å². The first-order chi connectivity index (χ1) is 8.23. The molecule has 1 nitrogen and oxygen atoms in total. The van der Waals surface area contributed by atoms with Crippen LogP contribution in [-0.4, -0.2) is 5.54 Å². The van der Waals surface area contributed by atoms with Gasteiger partial charge in [-0.3, -0.25) is 0 Å². The lowest BCUT2D eigenvalue weighted by molar-refractivity contribution is 0.332. The fourth-order valence-electron chi connectivity index (χ4n) is 2.94. The van der Waals surface area contributed by atoms with Crippen molar-refractivity contribution in [2.45, 2.75) is 63.8 Å². The zero-order valence-corrected chi connectivity index (χ0v) is 11.0. The van der Waals surface area contributed by atoms with Crippen molar-refractivity contribution < 1.29 is 0 Å².